The van der Waals surface area contributed by atoms with E-state index in [1.54, 1.807) is 7.11 Å². The summed E-state index contributed by atoms with van der Waals surface area (Å²) in [6.45, 7) is 5.50. The van der Waals surface area contributed by atoms with Gasteiger partial charge in [0.2, 0.25) is 0 Å². The Labute approximate surface area is 170 Å². The van der Waals surface area contributed by atoms with Crippen LogP contribution in [0.15, 0.2) is 42.5 Å². The van der Waals surface area contributed by atoms with Crippen molar-refractivity contribution in [2.45, 2.75) is 51.7 Å². The highest BCUT2D eigenvalue weighted by atomic mass is 16.5. The quantitative estimate of drug-likeness (QED) is 0.685. The molecule has 2 aromatic rings. The largest absolute Gasteiger partial charge is 0.380 e. The summed E-state index contributed by atoms with van der Waals surface area (Å²) in [6.07, 6.45) is 5.41. The molecule has 1 aliphatic carbocycles. The van der Waals surface area contributed by atoms with Crippen LogP contribution in [0.25, 0.3) is 11.1 Å². The SMILES string of the molecule is COCc1cc(-c2ccc(C3CCC(C)CC3)cc2)ccc1CN(C)CCN. The molecule has 0 atom stereocenters. The Kier molecular flexibility index (Phi) is 7.66. The van der Waals surface area contributed by atoms with Crippen molar-refractivity contribution in [1.29, 1.82) is 0 Å². The molecule has 3 rings (SSSR count). The highest BCUT2D eigenvalue weighted by molar-refractivity contribution is 5.65. The lowest BCUT2D eigenvalue weighted by Crippen LogP contribution is -2.25. The van der Waals surface area contributed by atoms with Gasteiger partial charge >= 0.3 is 0 Å². The van der Waals surface area contributed by atoms with Gasteiger partial charge in [0.1, 0.15) is 0 Å². The summed E-state index contributed by atoms with van der Waals surface area (Å²) >= 11 is 0. The number of likely N-dealkylation sites (N-methyl/N-ethyl adjacent to an activating group) is 1. The van der Waals surface area contributed by atoms with Crippen LogP contribution in [0.3, 0.4) is 0 Å². The summed E-state index contributed by atoms with van der Waals surface area (Å²) < 4.78 is 5.46. The van der Waals surface area contributed by atoms with Crippen LogP contribution in [0.1, 0.15) is 55.2 Å². The van der Waals surface area contributed by atoms with Gasteiger partial charge in [-0.15, -0.1) is 0 Å². The van der Waals surface area contributed by atoms with Gasteiger partial charge in [-0.1, -0.05) is 56.2 Å². The summed E-state index contributed by atoms with van der Waals surface area (Å²) in [7, 11) is 3.88. The molecule has 0 radical (unpaired) electrons. The fourth-order valence-corrected chi connectivity index (χ4v) is 4.38. The van der Waals surface area contributed by atoms with E-state index in [1.165, 1.54) is 53.5 Å². The second-order valence-electron chi connectivity index (χ2n) is 8.52. The van der Waals surface area contributed by atoms with Crippen molar-refractivity contribution in [3.8, 4) is 11.1 Å². The predicted octanol–water partition coefficient (Wildman–Crippen LogP) is 5.18. The van der Waals surface area contributed by atoms with Crippen LogP contribution in [0.4, 0.5) is 0 Å². The fraction of sp³-hybridized carbons (Fsp3) is 0.520. The molecule has 0 spiro atoms. The van der Waals surface area contributed by atoms with Crippen LogP contribution in [0, 0.1) is 5.92 Å². The van der Waals surface area contributed by atoms with Crippen molar-refractivity contribution in [1.82, 2.24) is 4.90 Å². The van der Waals surface area contributed by atoms with Gasteiger partial charge in [-0.05, 0) is 65.6 Å². The zero-order valence-electron chi connectivity index (χ0n) is 17.8. The molecule has 1 aliphatic rings. The Hall–Kier alpha value is -1.68. The monoisotopic (exact) mass is 380 g/mol. The summed E-state index contributed by atoms with van der Waals surface area (Å²) in [5, 5.41) is 0. The molecule has 0 heterocycles. The maximum Gasteiger partial charge on any atom is 0.0716 e. The lowest BCUT2D eigenvalue weighted by molar-refractivity contribution is 0.183. The van der Waals surface area contributed by atoms with E-state index in [0.717, 1.165) is 24.9 Å². The number of hydrogen-bond donors (Lipinski definition) is 1. The molecular formula is C25H36N2O. The van der Waals surface area contributed by atoms with Crippen molar-refractivity contribution in [2.24, 2.45) is 11.7 Å². The molecular weight excluding hydrogens is 344 g/mol. The number of benzene rings is 2. The molecule has 0 unspecified atom stereocenters. The molecule has 152 valence electrons. The summed E-state index contributed by atoms with van der Waals surface area (Å²) in [5.74, 6) is 1.65. The van der Waals surface area contributed by atoms with E-state index in [2.05, 4.69) is 61.3 Å². The minimum atomic E-state index is 0.637. The third-order valence-electron chi connectivity index (χ3n) is 6.19. The maximum absolute atomic E-state index is 5.69. The predicted molar refractivity (Wildman–Crippen MR) is 118 cm³/mol. The molecule has 28 heavy (non-hydrogen) atoms. The van der Waals surface area contributed by atoms with Crippen LogP contribution in [-0.2, 0) is 17.9 Å². The van der Waals surface area contributed by atoms with Gasteiger partial charge in [0, 0.05) is 26.7 Å². The van der Waals surface area contributed by atoms with Gasteiger partial charge in [0.25, 0.3) is 0 Å². The molecule has 0 saturated heterocycles. The van der Waals surface area contributed by atoms with Crippen molar-refractivity contribution in [2.75, 3.05) is 27.2 Å². The van der Waals surface area contributed by atoms with E-state index >= 15 is 0 Å². The van der Waals surface area contributed by atoms with Crippen LogP contribution < -0.4 is 5.73 Å². The normalized spacial score (nSPS) is 19.9. The average molecular weight is 381 g/mol. The lowest BCUT2D eigenvalue weighted by atomic mass is 9.79. The smallest absolute Gasteiger partial charge is 0.0716 e. The van der Waals surface area contributed by atoms with E-state index in [9.17, 15) is 0 Å². The molecule has 1 saturated carbocycles. The number of nitrogens with zero attached hydrogens (tertiary/aromatic N) is 1. The molecule has 0 amide bonds. The van der Waals surface area contributed by atoms with Crippen LogP contribution in [0.5, 0.6) is 0 Å². The first-order valence-electron chi connectivity index (χ1n) is 10.7. The summed E-state index contributed by atoms with van der Waals surface area (Å²) in [4.78, 5) is 2.26. The van der Waals surface area contributed by atoms with E-state index in [4.69, 9.17) is 10.5 Å². The lowest BCUT2D eigenvalue weighted by Gasteiger charge is -2.26. The topological polar surface area (TPSA) is 38.5 Å². The number of methoxy groups -OCH3 is 1. The highest BCUT2D eigenvalue weighted by Gasteiger charge is 2.19. The second kappa shape index (κ2) is 10.2. The second-order valence-corrected chi connectivity index (χ2v) is 8.52. The third kappa shape index (κ3) is 5.44. The zero-order valence-corrected chi connectivity index (χ0v) is 17.8. The van der Waals surface area contributed by atoms with Gasteiger partial charge in [0.15, 0.2) is 0 Å². The van der Waals surface area contributed by atoms with E-state index in [0.29, 0.717) is 13.2 Å². The number of nitrogens with two attached hydrogens (primary N) is 1. The first kappa shape index (κ1) is 21.0. The van der Waals surface area contributed by atoms with Crippen LogP contribution in [-0.4, -0.2) is 32.1 Å². The van der Waals surface area contributed by atoms with Crippen molar-refractivity contribution >= 4 is 0 Å². The van der Waals surface area contributed by atoms with Crippen molar-refractivity contribution in [3.63, 3.8) is 0 Å². The number of rotatable bonds is 8. The number of hydrogen-bond acceptors (Lipinski definition) is 3. The molecule has 1 fully saturated rings. The van der Waals surface area contributed by atoms with Gasteiger partial charge in [-0.3, -0.25) is 0 Å². The third-order valence-corrected chi connectivity index (χ3v) is 6.19. The molecule has 0 bridgehead atoms. The molecule has 3 heteroatoms. The molecule has 2 N–H and O–H groups in total. The van der Waals surface area contributed by atoms with Crippen LogP contribution in [0.2, 0.25) is 0 Å². The Morgan fingerprint density at radius 3 is 2.29 bits per heavy atom. The Bertz CT molecular complexity index is 733. The van der Waals surface area contributed by atoms with Gasteiger partial charge in [-0.25, -0.2) is 0 Å². The minimum Gasteiger partial charge on any atom is -0.380 e. The minimum absolute atomic E-state index is 0.637. The molecule has 0 aromatic heterocycles. The Morgan fingerprint density at radius 2 is 1.64 bits per heavy atom. The first-order chi connectivity index (χ1) is 13.6. The number of ether oxygens (including phenoxy) is 1. The first-order valence-corrected chi connectivity index (χ1v) is 10.7. The van der Waals surface area contributed by atoms with E-state index in [1.807, 2.05) is 0 Å². The maximum atomic E-state index is 5.69. The van der Waals surface area contributed by atoms with E-state index < -0.39 is 0 Å². The highest BCUT2D eigenvalue weighted by Crippen LogP contribution is 2.36. The average Bonchev–Trinajstić information content (AvgIpc) is 2.70. The standard InChI is InChI=1S/C25H36N2O/c1-19-4-6-20(7-5-19)21-8-10-22(11-9-21)23-12-13-24(17-27(2)15-14-26)25(16-23)18-28-3/h8-13,16,19-20H,4-7,14-15,17-18,26H2,1-3H3. The van der Waals surface area contributed by atoms with Crippen LogP contribution >= 0.6 is 0 Å². The molecule has 3 nitrogen and oxygen atoms in total. The Morgan fingerprint density at radius 1 is 0.964 bits per heavy atom. The van der Waals surface area contributed by atoms with Gasteiger partial charge in [0.05, 0.1) is 6.61 Å². The zero-order chi connectivity index (χ0) is 19.9. The summed E-state index contributed by atoms with van der Waals surface area (Å²) in [6, 6.07) is 16.0. The summed E-state index contributed by atoms with van der Waals surface area (Å²) in [5.41, 5.74) is 12.3. The molecule has 0 aliphatic heterocycles. The Balaban J connectivity index is 1.76. The fourth-order valence-electron chi connectivity index (χ4n) is 4.38. The molecule has 2 aromatic carbocycles. The van der Waals surface area contributed by atoms with Crippen molar-refractivity contribution in [3.05, 3.63) is 59.2 Å². The van der Waals surface area contributed by atoms with Gasteiger partial charge < -0.3 is 15.4 Å². The van der Waals surface area contributed by atoms with Gasteiger partial charge in [-0.2, -0.15) is 0 Å². The van der Waals surface area contributed by atoms with Crippen molar-refractivity contribution < 1.29 is 4.74 Å². The van der Waals surface area contributed by atoms with E-state index in [-0.39, 0.29) is 0 Å².